The van der Waals surface area contributed by atoms with Gasteiger partial charge in [-0.05, 0) is 69.6 Å². The van der Waals surface area contributed by atoms with Crippen LogP contribution in [0.15, 0.2) is 127 Å². The zero-order chi connectivity index (χ0) is 21.0. The molecule has 148 valence electrons. The molecule has 0 aliphatic heterocycles. The van der Waals surface area contributed by atoms with E-state index in [4.69, 9.17) is 0 Å². The van der Waals surface area contributed by atoms with Gasteiger partial charge in [-0.3, -0.25) is 0 Å². The van der Waals surface area contributed by atoms with E-state index in [9.17, 15) is 0 Å². The Labute approximate surface area is 184 Å². The summed E-state index contributed by atoms with van der Waals surface area (Å²) < 4.78 is 0. The van der Waals surface area contributed by atoms with Gasteiger partial charge in [-0.1, -0.05) is 115 Å². The SMILES string of the molecule is Cc1ccc(-c2ccccc2-c2cc(-c3ccccc3)cc(-c3ccccc3)c2)cc1. The van der Waals surface area contributed by atoms with Gasteiger partial charge >= 0.3 is 0 Å². The lowest BCUT2D eigenvalue weighted by atomic mass is 9.89. The molecule has 0 aliphatic carbocycles. The van der Waals surface area contributed by atoms with Crippen LogP contribution in [0.2, 0.25) is 0 Å². The molecule has 0 aliphatic rings. The van der Waals surface area contributed by atoms with Crippen LogP contribution in [0.5, 0.6) is 0 Å². The molecule has 0 N–H and O–H groups in total. The minimum Gasteiger partial charge on any atom is -0.0622 e. The highest BCUT2D eigenvalue weighted by Crippen LogP contribution is 2.37. The molecule has 0 spiro atoms. The maximum absolute atomic E-state index is 2.31. The third-order valence-electron chi connectivity index (χ3n) is 5.75. The van der Waals surface area contributed by atoms with Gasteiger partial charge in [0.2, 0.25) is 0 Å². The van der Waals surface area contributed by atoms with Crippen LogP contribution in [0.25, 0.3) is 44.5 Å². The lowest BCUT2D eigenvalue weighted by Crippen LogP contribution is -1.89. The summed E-state index contributed by atoms with van der Waals surface area (Å²) >= 11 is 0. The van der Waals surface area contributed by atoms with Crippen LogP contribution in [0.3, 0.4) is 0 Å². The Hall–Kier alpha value is -3.90. The van der Waals surface area contributed by atoms with E-state index < -0.39 is 0 Å². The fraction of sp³-hybridized carbons (Fsp3) is 0.0323. The molecule has 0 atom stereocenters. The van der Waals surface area contributed by atoms with Crippen LogP contribution < -0.4 is 0 Å². The molecule has 0 heteroatoms. The van der Waals surface area contributed by atoms with E-state index in [1.807, 2.05) is 0 Å². The number of hydrogen-bond acceptors (Lipinski definition) is 0. The molecule has 0 heterocycles. The van der Waals surface area contributed by atoms with Gasteiger partial charge in [0.25, 0.3) is 0 Å². The lowest BCUT2D eigenvalue weighted by Gasteiger charge is -2.14. The smallest absolute Gasteiger partial charge is 0.0105 e. The summed E-state index contributed by atoms with van der Waals surface area (Å²) in [6, 6.07) is 45.7. The first kappa shape index (κ1) is 19.1. The zero-order valence-electron chi connectivity index (χ0n) is 17.6. The second-order valence-corrected chi connectivity index (χ2v) is 7.94. The Morgan fingerprint density at radius 1 is 0.323 bits per heavy atom. The molecule has 0 saturated heterocycles. The van der Waals surface area contributed by atoms with Crippen molar-refractivity contribution in [1.82, 2.24) is 0 Å². The van der Waals surface area contributed by atoms with Gasteiger partial charge in [0.15, 0.2) is 0 Å². The van der Waals surface area contributed by atoms with Gasteiger partial charge in [-0.25, -0.2) is 0 Å². The van der Waals surface area contributed by atoms with Crippen molar-refractivity contribution in [3.8, 4) is 44.5 Å². The first-order chi connectivity index (χ1) is 15.3. The van der Waals surface area contributed by atoms with Crippen molar-refractivity contribution < 1.29 is 0 Å². The summed E-state index contributed by atoms with van der Waals surface area (Å²) in [5.41, 5.74) is 11.2. The monoisotopic (exact) mass is 396 g/mol. The molecule has 0 aromatic heterocycles. The summed E-state index contributed by atoms with van der Waals surface area (Å²) in [6.45, 7) is 2.13. The molecular weight excluding hydrogens is 372 g/mol. The molecule has 0 saturated carbocycles. The quantitative estimate of drug-likeness (QED) is 0.285. The van der Waals surface area contributed by atoms with Gasteiger partial charge in [-0.2, -0.15) is 0 Å². The number of benzene rings is 5. The molecule has 0 nitrogen and oxygen atoms in total. The molecule has 0 unspecified atom stereocenters. The summed E-state index contributed by atoms with van der Waals surface area (Å²) in [5, 5.41) is 0. The van der Waals surface area contributed by atoms with Gasteiger partial charge < -0.3 is 0 Å². The second kappa shape index (κ2) is 8.45. The first-order valence-corrected chi connectivity index (χ1v) is 10.7. The number of rotatable bonds is 4. The molecule has 0 bridgehead atoms. The molecule has 0 fully saturated rings. The topological polar surface area (TPSA) is 0 Å². The Balaban J connectivity index is 1.72. The third kappa shape index (κ3) is 4.06. The highest BCUT2D eigenvalue weighted by atomic mass is 14.1. The van der Waals surface area contributed by atoms with Crippen LogP contribution in [0, 0.1) is 6.92 Å². The van der Waals surface area contributed by atoms with Crippen LogP contribution in [-0.4, -0.2) is 0 Å². The Kier molecular flexibility index (Phi) is 5.21. The fourth-order valence-corrected chi connectivity index (χ4v) is 4.10. The molecule has 5 aromatic carbocycles. The number of hydrogen-bond donors (Lipinski definition) is 0. The molecule has 5 aromatic rings. The predicted octanol–water partition coefficient (Wildman–Crippen LogP) is 8.66. The van der Waals surface area contributed by atoms with E-state index in [-0.39, 0.29) is 0 Å². The van der Waals surface area contributed by atoms with Gasteiger partial charge in [0.1, 0.15) is 0 Å². The minimum absolute atomic E-state index is 1.23. The minimum atomic E-state index is 1.23. The van der Waals surface area contributed by atoms with E-state index in [1.165, 1.54) is 50.1 Å². The Bertz CT molecular complexity index is 1240. The van der Waals surface area contributed by atoms with Crippen molar-refractivity contribution in [3.05, 3.63) is 133 Å². The zero-order valence-corrected chi connectivity index (χ0v) is 17.6. The summed E-state index contributed by atoms with van der Waals surface area (Å²) in [6.07, 6.45) is 0. The van der Waals surface area contributed by atoms with Gasteiger partial charge in [0, 0.05) is 0 Å². The van der Waals surface area contributed by atoms with Crippen molar-refractivity contribution in [3.63, 3.8) is 0 Å². The summed E-state index contributed by atoms with van der Waals surface area (Å²) in [7, 11) is 0. The van der Waals surface area contributed by atoms with Crippen LogP contribution in [0.1, 0.15) is 5.56 Å². The number of aryl methyl sites for hydroxylation is 1. The van der Waals surface area contributed by atoms with Gasteiger partial charge in [0.05, 0.1) is 0 Å². The highest BCUT2D eigenvalue weighted by Gasteiger charge is 2.11. The van der Waals surface area contributed by atoms with Crippen molar-refractivity contribution in [2.45, 2.75) is 6.92 Å². The molecule has 5 rings (SSSR count). The van der Waals surface area contributed by atoms with Crippen LogP contribution in [0.4, 0.5) is 0 Å². The van der Waals surface area contributed by atoms with E-state index in [0.29, 0.717) is 0 Å². The normalized spacial score (nSPS) is 10.7. The molecule has 31 heavy (non-hydrogen) atoms. The average Bonchev–Trinajstić information content (AvgIpc) is 2.85. The van der Waals surface area contributed by atoms with Crippen molar-refractivity contribution in [2.75, 3.05) is 0 Å². The molecular formula is C31H24. The lowest BCUT2D eigenvalue weighted by molar-refractivity contribution is 1.47. The van der Waals surface area contributed by atoms with Crippen molar-refractivity contribution >= 4 is 0 Å². The Morgan fingerprint density at radius 3 is 1.26 bits per heavy atom. The summed E-state index contributed by atoms with van der Waals surface area (Å²) in [4.78, 5) is 0. The standard InChI is InChI=1S/C31H24/c1-23-16-18-26(19-17-23)30-14-8-9-15-31(30)29-21-27(24-10-4-2-5-11-24)20-28(22-29)25-12-6-3-7-13-25/h2-22H,1H3. The van der Waals surface area contributed by atoms with Crippen molar-refractivity contribution in [2.24, 2.45) is 0 Å². The first-order valence-electron chi connectivity index (χ1n) is 10.7. The fourth-order valence-electron chi connectivity index (χ4n) is 4.10. The maximum atomic E-state index is 2.31. The van der Waals surface area contributed by atoms with Crippen LogP contribution in [-0.2, 0) is 0 Å². The molecule has 0 amide bonds. The van der Waals surface area contributed by atoms with E-state index in [0.717, 1.165) is 0 Å². The van der Waals surface area contributed by atoms with Gasteiger partial charge in [-0.15, -0.1) is 0 Å². The average molecular weight is 397 g/mol. The highest BCUT2D eigenvalue weighted by molar-refractivity contribution is 5.88. The largest absolute Gasteiger partial charge is 0.0622 e. The van der Waals surface area contributed by atoms with E-state index in [2.05, 4.69) is 134 Å². The summed E-state index contributed by atoms with van der Waals surface area (Å²) in [5.74, 6) is 0. The Morgan fingerprint density at radius 2 is 0.742 bits per heavy atom. The second-order valence-electron chi connectivity index (χ2n) is 7.94. The van der Waals surface area contributed by atoms with E-state index in [1.54, 1.807) is 0 Å². The van der Waals surface area contributed by atoms with Crippen LogP contribution >= 0.6 is 0 Å². The third-order valence-corrected chi connectivity index (χ3v) is 5.75. The maximum Gasteiger partial charge on any atom is -0.0105 e. The van der Waals surface area contributed by atoms with E-state index >= 15 is 0 Å². The van der Waals surface area contributed by atoms with Crippen molar-refractivity contribution in [1.29, 1.82) is 0 Å². The predicted molar refractivity (Wildman–Crippen MR) is 133 cm³/mol. The molecule has 0 radical (unpaired) electrons.